The maximum Gasteiger partial charge on any atom is 0.315 e. The number of aliphatic imine (C=N–C) groups is 1. The van der Waals surface area contributed by atoms with Crippen LogP contribution in [-0.2, 0) is 16.0 Å². The molecule has 1 aliphatic heterocycles. The van der Waals surface area contributed by atoms with Crippen molar-refractivity contribution in [3.63, 3.8) is 0 Å². The fraction of sp³-hybridized carbons (Fsp3) is 0.267. The van der Waals surface area contributed by atoms with Gasteiger partial charge in [0.15, 0.2) is 5.17 Å². The Morgan fingerprint density at radius 1 is 1.27 bits per heavy atom. The lowest BCUT2D eigenvalue weighted by Crippen LogP contribution is -2.42. The maximum atomic E-state index is 11.7. The lowest BCUT2D eigenvalue weighted by atomic mass is 10.1. The molecule has 2 amide bonds. The molecule has 2 heterocycles. The number of carbonyl (C=O) groups is 2. The van der Waals surface area contributed by atoms with Crippen LogP contribution < -0.4 is 10.6 Å². The van der Waals surface area contributed by atoms with Gasteiger partial charge in [0, 0.05) is 29.4 Å². The Balaban J connectivity index is 1.50. The quantitative estimate of drug-likeness (QED) is 0.740. The van der Waals surface area contributed by atoms with Gasteiger partial charge in [-0.25, -0.2) is 0 Å². The van der Waals surface area contributed by atoms with Crippen molar-refractivity contribution < 1.29 is 9.59 Å². The fourth-order valence-electron chi connectivity index (χ4n) is 2.29. The van der Waals surface area contributed by atoms with Gasteiger partial charge in [-0.1, -0.05) is 30.0 Å². The van der Waals surface area contributed by atoms with Crippen LogP contribution in [0.4, 0.5) is 0 Å². The van der Waals surface area contributed by atoms with Crippen LogP contribution in [0.2, 0.25) is 0 Å². The molecular formula is C15H16N4O2S. The number of thioether (sulfide) groups is 1. The van der Waals surface area contributed by atoms with Gasteiger partial charge in [-0.15, -0.1) is 0 Å². The van der Waals surface area contributed by atoms with Gasteiger partial charge in [-0.3, -0.25) is 19.9 Å². The molecule has 7 heteroatoms. The molecule has 22 heavy (non-hydrogen) atoms. The second-order valence-corrected chi connectivity index (χ2v) is 5.94. The number of nitrogens with one attached hydrogen (secondary N) is 3. The first-order valence-corrected chi connectivity index (χ1v) is 8.04. The third-order valence-electron chi connectivity index (χ3n) is 3.37. The summed E-state index contributed by atoms with van der Waals surface area (Å²) in [6.45, 7) is 1.09. The second kappa shape index (κ2) is 6.65. The van der Waals surface area contributed by atoms with E-state index in [0.29, 0.717) is 24.7 Å². The van der Waals surface area contributed by atoms with E-state index in [0.717, 1.165) is 22.2 Å². The van der Waals surface area contributed by atoms with E-state index < -0.39 is 11.8 Å². The number of aromatic amines is 1. The summed E-state index contributed by atoms with van der Waals surface area (Å²) in [6, 6.07) is 7.99. The van der Waals surface area contributed by atoms with Crippen molar-refractivity contribution in [3.8, 4) is 0 Å². The molecule has 0 saturated carbocycles. The van der Waals surface area contributed by atoms with Crippen LogP contribution >= 0.6 is 11.8 Å². The SMILES string of the molecule is O=C(NCCc1c[nH]c2ccccc12)C(=O)NC1=NCCS1. The Hall–Kier alpha value is -2.28. The number of nitrogens with zero attached hydrogens (tertiary/aromatic N) is 1. The zero-order chi connectivity index (χ0) is 15.4. The summed E-state index contributed by atoms with van der Waals surface area (Å²) in [5.74, 6) is -0.445. The molecule has 0 fully saturated rings. The smallest absolute Gasteiger partial charge is 0.315 e. The predicted molar refractivity (Wildman–Crippen MR) is 87.9 cm³/mol. The molecule has 0 bridgehead atoms. The van der Waals surface area contributed by atoms with E-state index in [1.807, 2.05) is 30.5 Å². The molecule has 1 aliphatic rings. The first-order chi connectivity index (χ1) is 10.7. The van der Waals surface area contributed by atoms with Gasteiger partial charge in [0.05, 0.1) is 6.54 Å². The van der Waals surface area contributed by atoms with E-state index in [4.69, 9.17) is 0 Å². The molecule has 0 aliphatic carbocycles. The second-order valence-electron chi connectivity index (χ2n) is 4.85. The number of H-pyrrole nitrogens is 1. The highest BCUT2D eigenvalue weighted by Gasteiger charge is 2.17. The van der Waals surface area contributed by atoms with Gasteiger partial charge < -0.3 is 10.3 Å². The van der Waals surface area contributed by atoms with Crippen LogP contribution in [0, 0.1) is 0 Å². The molecule has 6 nitrogen and oxygen atoms in total. The van der Waals surface area contributed by atoms with Gasteiger partial charge in [0.1, 0.15) is 0 Å². The molecule has 0 atom stereocenters. The molecule has 0 unspecified atom stereocenters. The average Bonchev–Trinajstić information content (AvgIpc) is 3.17. The summed E-state index contributed by atoms with van der Waals surface area (Å²) in [5, 5.41) is 6.80. The van der Waals surface area contributed by atoms with E-state index in [1.54, 1.807) is 0 Å². The highest BCUT2D eigenvalue weighted by molar-refractivity contribution is 8.14. The van der Waals surface area contributed by atoms with E-state index in [2.05, 4.69) is 20.6 Å². The van der Waals surface area contributed by atoms with Crippen LogP contribution in [0.3, 0.4) is 0 Å². The number of aromatic nitrogens is 1. The summed E-state index contributed by atoms with van der Waals surface area (Å²) in [5.41, 5.74) is 2.19. The van der Waals surface area contributed by atoms with Crippen molar-refractivity contribution in [1.29, 1.82) is 0 Å². The standard InChI is InChI=1S/C15H16N4O2S/c20-13(14(21)19-15-17-7-8-22-15)16-6-5-10-9-18-12-4-2-1-3-11(10)12/h1-4,9,18H,5-8H2,(H,16,20)(H,17,19,21). The Morgan fingerprint density at radius 2 is 2.14 bits per heavy atom. The fourth-order valence-corrected chi connectivity index (χ4v) is 3.02. The topological polar surface area (TPSA) is 86.3 Å². The number of benzene rings is 1. The van der Waals surface area contributed by atoms with Crippen molar-refractivity contribution in [2.24, 2.45) is 4.99 Å². The lowest BCUT2D eigenvalue weighted by molar-refractivity contribution is -0.138. The minimum absolute atomic E-state index is 0.410. The van der Waals surface area contributed by atoms with Crippen LogP contribution in [0.5, 0.6) is 0 Å². The van der Waals surface area contributed by atoms with Crippen molar-refractivity contribution in [3.05, 3.63) is 36.0 Å². The average molecular weight is 316 g/mol. The Bertz CT molecular complexity index is 738. The number of fused-ring (bicyclic) bond motifs is 1. The van der Waals surface area contributed by atoms with Gasteiger partial charge in [0.25, 0.3) is 0 Å². The predicted octanol–water partition coefficient (Wildman–Crippen LogP) is 1.05. The zero-order valence-electron chi connectivity index (χ0n) is 11.9. The molecule has 3 rings (SSSR count). The molecule has 1 aromatic carbocycles. The van der Waals surface area contributed by atoms with E-state index in [-0.39, 0.29) is 0 Å². The third-order valence-corrected chi connectivity index (χ3v) is 4.26. The molecule has 114 valence electrons. The van der Waals surface area contributed by atoms with Gasteiger partial charge in [-0.05, 0) is 18.1 Å². The monoisotopic (exact) mass is 316 g/mol. The summed E-state index contributed by atoms with van der Waals surface area (Å²) in [4.78, 5) is 30.7. The summed E-state index contributed by atoms with van der Waals surface area (Å²) in [7, 11) is 0. The minimum Gasteiger partial charge on any atom is -0.361 e. The number of carbonyl (C=O) groups excluding carboxylic acids is 2. The van der Waals surface area contributed by atoms with Crippen molar-refractivity contribution in [2.75, 3.05) is 18.8 Å². The molecule has 0 saturated heterocycles. The summed E-state index contributed by atoms with van der Waals surface area (Å²) >= 11 is 1.45. The molecule has 3 N–H and O–H groups in total. The maximum absolute atomic E-state index is 11.7. The number of para-hydroxylation sites is 1. The first-order valence-electron chi connectivity index (χ1n) is 7.05. The summed E-state index contributed by atoms with van der Waals surface area (Å²) < 4.78 is 0. The molecular weight excluding hydrogens is 300 g/mol. The van der Waals surface area contributed by atoms with Crippen LogP contribution in [0.1, 0.15) is 5.56 Å². The number of amidine groups is 1. The van der Waals surface area contributed by atoms with Crippen LogP contribution in [0.25, 0.3) is 10.9 Å². The van der Waals surface area contributed by atoms with Gasteiger partial charge in [0.2, 0.25) is 0 Å². The number of hydrogen-bond donors (Lipinski definition) is 3. The molecule has 1 aromatic heterocycles. The minimum atomic E-state index is -0.660. The normalized spacial score (nSPS) is 13.9. The van der Waals surface area contributed by atoms with Crippen LogP contribution in [0.15, 0.2) is 35.5 Å². The zero-order valence-corrected chi connectivity index (χ0v) is 12.7. The Kier molecular flexibility index (Phi) is 4.43. The highest BCUT2D eigenvalue weighted by atomic mass is 32.2. The van der Waals surface area contributed by atoms with Gasteiger partial charge in [-0.2, -0.15) is 0 Å². The van der Waals surface area contributed by atoms with Crippen molar-refractivity contribution in [1.82, 2.24) is 15.6 Å². The van der Waals surface area contributed by atoms with Crippen molar-refractivity contribution >= 4 is 39.6 Å². The van der Waals surface area contributed by atoms with E-state index >= 15 is 0 Å². The number of amides is 2. The molecule has 0 radical (unpaired) electrons. The Labute approximate surface area is 131 Å². The largest absolute Gasteiger partial charge is 0.361 e. The van der Waals surface area contributed by atoms with Gasteiger partial charge >= 0.3 is 11.8 Å². The van der Waals surface area contributed by atoms with E-state index in [9.17, 15) is 9.59 Å². The Morgan fingerprint density at radius 3 is 2.95 bits per heavy atom. The summed E-state index contributed by atoms with van der Waals surface area (Å²) in [6.07, 6.45) is 2.60. The highest BCUT2D eigenvalue weighted by Crippen LogP contribution is 2.17. The molecule has 2 aromatic rings. The number of hydrogen-bond acceptors (Lipinski definition) is 4. The molecule has 0 spiro atoms. The van der Waals surface area contributed by atoms with E-state index in [1.165, 1.54) is 11.8 Å². The van der Waals surface area contributed by atoms with Crippen molar-refractivity contribution in [2.45, 2.75) is 6.42 Å². The van der Waals surface area contributed by atoms with Crippen LogP contribution in [-0.4, -0.2) is 40.8 Å². The first kappa shape index (κ1) is 14.6. The third kappa shape index (κ3) is 3.30. The number of rotatable bonds is 3. The lowest BCUT2D eigenvalue weighted by Gasteiger charge is -2.05.